The number of hydrogen-bond donors (Lipinski definition) is 0. The molecule has 1 aliphatic heterocycles. The highest BCUT2D eigenvalue weighted by molar-refractivity contribution is 9.10. The standard InChI is InChI=1S/C11H11BrO2/c1-7-5-8(12)6-9-10(13)3-2-4-14-11(7)9/h5-6H,2-4H2,1H3. The quantitative estimate of drug-likeness (QED) is 0.712. The van der Waals surface area contributed by atoms with E-state index in [-0.39, 0.29) is 5.78 Å². The number of ketones is 1. The Kier molecular flexibility index (Phi) is 2.59. The Morgan fingerprint density at radius 3 is 3.00 bits per heavy atom. The molecule has 0 amide bonds. The van der Waals surface area contributed by atoms with E-state index in [4.69, 9.17) is 4.74 Å². The van der Waals surface area contributed by atoms with E-state index < -0.39 is 0 Å². The summed E-state index contributed by atoms with van der Waals surface area (Å²) in [5.74, 6) is 0.942. The summed E-state index contributed by atoms with van der Waals surface area (Å²) < 4.78 is 6.50. The maximum atomic E-state index is 11.7. The Labute approximate surface area is 91.4 Å². The number of rotatable bonds is 0. The lowest BCUT2D eigenvalue weighted by atomic mass is 10.0. The molecule has 0 N–H and O–H groups in total. The van der Waals surface area contributed by atoms with Crippen molar-refractivity contribution in [1.82, 2.24) is 0 Å². The summed E-state index contributed by atoms with van der Waals surface area (Å²) in [4.78, 5) is 11.7. The highest BCUT2D eigenvalue weighted by Gasteiger charge is 2.18. The van der Waals surface area contributed by atoms with Gasteiger partial charge in [-0.15, -0.1) is 0 Å². The van der Waals surface area contributed by atoms with E-state index in [0.717, 1.165) is 27.8 Å². The predicted octanol–water partition coefficient (Wildman–Crippen LogP) is 3.11. The number of benzene rings is 1. The van der Waals surface area contributed by atoms with Gasteiger partial charge in [0.2, 0.25) is 0 Å². The third kappa shape index (κ3) is 1.69. The normalized spacial score (nSPS) is 15.7. The van der Waals surface area contributed by atoms with Crippen molar-refractivity contribution in [2.75, 3.05) is 6.61 Å². The van der Waals surface area contributed by atoms with Gasteiger partial charge >= 0.3 is 0 Å². The second kappa shape index (κ2) is 3.73. The molecule has 0 bridgehead atoms. The van der Waals surface area contributed by atoms with E-state index in [1.54, 1.807) is 0 Å². The monoisotopic (exact) mass is 254 g/mol. The smallest absolute Gasteiger partial charge is 0.166 e. The summed E-state index contributed by atoms with van der Waals surface area (Å²) >= 11 is 3.39. The lowest BCUT2D eigenvalue weighted by Gasteiger charge is -2.09. The number of carbonyl (C=O) groups excluding carboxylic acids is 1. The second-order valence-corrected chi connectivity index (χ2v) is 4.39. The summed E-state index contributed by atoms with van der Waals surface area (Å²) in [7, 11) is 0. The SMILES string of the molecule is Cc1cc(Br)cc2c1OCCCC2=O. The number of carbonyl (C=O) groups is 1. The van der Waals surface area contributed by atoms with E-state index >= 15 is 0 Å². The van der Waals surface area contributed by atoms with E-state index in [0.29, 0.717) is 13.0 Å². The molecule has 74 valence electrons. The van der Waals surface area contributed by atoms with Crippen molar-refractivity contribution >= 4 is 21.7 Å². The number of ether oxygens (including phenoxy) is 1. The third-order valence-corrected chi connectivity index (χ3v) is 2.79. The van der Waals surface area contributed by atoms with Crippen molar-refractivity contribution in [1.29, 1.82) is 0 Å². The fraction of sp³-hybridized carbons (Fsp3) is 0.364. The summed E-state index contributed by atoms with van der Waals surface area (Å²) in [6.07, 6.45) is 1.40. The molecule has 1 aromatic carbocycles. The van der Waals surface area contributed by atoms with Gasteiger partial charge in [0, 0.05) is 10.9 Å². The minimum atomic E-state index is 0.182. The van der Waals surface area contributed by atoms with Crippen LogP contribution < -0.4 is 4.74 Å². The Morgan fingerprint density at radius 1 is 1.43 bits per heavy atom. The lowest BCUT2D eigenvalue weighted by molar-refractivity contribution is 0.0983. The molecular formula is C11H11BrO2. The van der Waals surface area contributed by atoms with E-state index in [1.165, 1.54) is 0 Å². The molecule has 0 saturated heterocycles. The molecule has 2 rings (SSSR count). The first-order valence-corrected chi connectivity index (χ1v) is 5.44. The second-order valence-electron chi connectivity index (χ2n) is 3.47. The van der Waals surface area contributed by atoms with Gasteiger partial charge in [-0.25, -0.2) is 0 Å². The topological polar surface area (TPSA) is 26.3 Å². The van der Waals surface area contributed by atoms with Crippen LogP contribution in [0.25, 0.3) is 0 Å². The van der Waals surface area contributed by atoms with Gasteiger partial charge < -0.3 is 4.74 Å². The van der Waals surface area contributed by atoms with Crippen LogP contribution in [0.5, 0.6) is 5.75 Å². The van der Waals surface area contributed by atoms with Crippen LogP contribution in [-0.4, -0.2) is 12.4 Å². The maximum absolute atomic E-state index is 11.7. The van der Waals surface area contributed by atoms with Crippen molar-refractivity contribution < 1.29 is 9.53 Å². The summed E-state index contributed by atoms with van der Waals surface area (Å²) in [6, 6.07) is 3.81. The lowest BCUT2D eigenvalue weighted by Crippen LogP contribution is -1.99. The van der Waals surface area contributed by atoms with Crippen LogP contribution >= 0.6 is 15.9 Å². The summed E-state index contributed by atoms with van der Waals surface area (Å²) in [5.41, 5.74) is 1.74. The molecular weight excluding hydrogens is 244 g/mol. The van der Waals surface area contributed by atoms with Crippen LogP contribution in [0.4, 0.5) is 0 Å². The van der Waals surface area contributed by atoms with Gasteiger partial charge in [0.1, 0.15) is 5.75 Å². The van der Waals surface area contributed by atoms with E-state index in [2.05, 4.69) is 15.9 Å². The molecule has 1 aliphatic rings. The Morgan fingerprint density at radius 2 is 2.21 bits per heavy atom. The average molecular weight is 255 g/mol. The number of halogens is 1. The van der Waals surface area contributed by atoms with Gasteiger partial charge in [-0.3, -0.25) is 4.79 Å². The molecule has 14 heavy (non-hydrogen) atoms. The zero-order valence-corrected chi connectivity index (χ0v) is 9.56. The van der Waals surface area contributed by atoms with Crippen LogP contribution in [0.15, 0.2) is 16.6 Å². The van der Waals surface area contributed by atoms with E-state index in [1.807, 2.05) is 19.1 Å². The summed E-state index contributed by atoms with van der Waals surface area (Å²) in [5, 5.41) is 0. The predicted molar refractivity (Wildman–Crippen MR) is 57.9 cm³/mol. The molecule has 0 radical (unpaired) electrons. The third-order valence-electron chi connectivity index (χ3n) is 2.33. The molecule has 1 aromatic rings. The number of fused-ring (bicyclic) bond motifs is 1. The van der Waals surface area contributed by atoms with Gasteiger partial charge in [-0.05, 0) is 31.0 Å². The van der Waals surface area contributed by atoms with Gasteiger partial charge in [0.25, 0.3) is 0 Å². The molecule has 3 heteroatoms. The van der Waals surface area contributed by atoms with Gasteiger partial charge in [0.15, 0.2) is 5.78 Å². The Bertz CT molecular complexity index is 385. The van der Waals surface area contributed by atoms with Crippen molar-refractivity contribution in [3.8, 4) is 5.75 Å². The largest absolute Gasteiger partial charge is 0.493 e. The molecule has 2 nitrogen and oxygen atoms in total. The first kappa shape index (κ1) is 9.71. The van der Waals surface area contributed by atoms with Crippen LogP contribution in [0.2, 0.25) is 0 Å². The molecule has 0 aliphatic carbocycles. The van der Waals surface area contributed by atoms with Crippen molar-refractivity contribution in [3.63, 3.8) is 0 Å². The van der Waals surface area contributed by atoms with Crippen LogP contribution in [-0.2, 0) is 0 Å². The fourth-order valence-corrected chi connectivity index (χ4v) is 2.24. The molecule has 0 aromatic heterocycles. The Balaban J connectivity index is 2.58. The van der Waals surface area contributed by atoms with Crippen LogP contribution in [0.3, 0.4) is 0 Å². The fourth-order valence-electron chi connectivity index (χ4n) is 1.67. The highest BCUT2D eigenvalue weighted by Crippen LogP contribution is 2.31. The van der Waals surface area contributed by atoms with Crippen LogP contribution in [0.1, 0.15) is 28.8 Å². The van der Waals surface area contributed by atoms with Gasteiger partial charge in [-0.2, -0.15) is 0 Å². The van der Waals surface area contributed by atoms with Gasteiger partial charge in [-0.1, -0.05) is 15.9 Å². The molecule has 0 spiro atoms. The zero-order valence-electron chi connectivity index (χ0n) is 7.97. The first-order chi connectivity index (χ1) is 6.68. The van der Waals surface area contributed by atoms with Crippen molar-refractivity contribution in [2.45, 2.75) is 19.8 Å². The Hall–Kier alpha value is -0.830. The highest BCUT2D eigenvalue weighted by atomic mass is 79.9. The number of hydrogen-bond acceptors (Lipinski definition) is 2. The van der Waals surface area contributed by atoms with E-state index in [9.17, 15) is 4.79 Å². The maximum Gasteiger partial charge on any atom is 0.166 e. The van der Waals surface area contributed by atoms with Crippen molar-refractivity contribution in [3.05, 3.63) is 27.7 Å². The molecule has 0 fully saturated rings. The number of aryl methyl sites for hydroxylation is 1. The molecule has 0 saturated carbocycles. The number of Topliss-reactive ketones (excluding diaryl/α,β-unsaturated/α-hetero) is 1. The molecule has 1 heterocycles. The zero-order chi connectivity index (χ0) is 10.1. The minimum absolute atomic E-state index is 0.182. The molecule has 0 atom stereocenters. The minimum Gasteiger partial charge on any atom is -0.493 e. The molecule has 0 unspecified atom stereocenters. The van der Waals surface area contributed by atoms with Crippen molar-refractivity contribution in [2.24, 2.45) is 0 Å². The van der Waals surface area contributed by atoms with Gasteiger partial charge in [0.05, 0.1) is 12.2 Å². The first-order valence-electron chi connectivity index (χ1n) is 4.64. The summed E-state index contributed by atoms with van der Waals surface area (Å²) in [6.45, 7) is 2.60. The average Bonchev–Trinajstić information content (AvgIpc) is 2.29. The van der Waals surface area contributed by atoms with Crippen LogP contribution in [0, 0.1) is 6.92 Å².